The number of benzene rings is 2. The summed E-state index contributed by atoms with van der Waals surface area (Å²) in [5, 5.41) is 5.61. The van der Waals surface area contributed by atoms with E-state index in [-0.39, 0.29) is 11.8 Å². The molecule has 5 nitrogen and oxygen atoms in total. The molecule has 2 N–H and O–H groups in total. The first kappa shape index (κ1) is 15.7. The summed E-state index contributed by atoms with van der Waals surface area (Å²) >= 11 is 0. The van der Waals surface area contributed by atoms with Gasteiger partial charge in [0.2, 0.25) is 0 Å². The lowest BCUT2D eigenvalue weighted by Crippen LogP contribution is -2.37. The van der Waals surface area contributed by atoms with E-state index in [2.05, 4.69) is 34.7 Å². The average molecular weight is 331 g/mol. The third kappa shape index (κ3) is 2.85. The van der Waals surface area contributed by atoms with Crippen molar-refractivity contribution in [2.75, 3.05) is 12.4 Å². The third-order valence-corrected chi connectivity index (χ3v) is 4.65. The van der Waals surface area contributed by atoms with E-state index in [4.69, 9.17) is 0 Å². The van der Waals surface area contributed by atoms with Crippen molar-refractivity contribution in [3.63, 3.8) is 0 Å². The largest absolute Gasteiger partial charge is 0.361 e. The number of hydrogen-bond donors (Lipinski definition) is 2. The maximum atomic E-state index is 12.3. The number of nitrogens with zero attached hydrogens (tertiary/aromatic N) is 1. The Balaban J connectivity index is 1.67. The molecule has 124 valence electrons. The minimum absolute atomic E-state index is 0.349. The maximum Gasteiger partial charge on any atom is 0.260 e. The second-order valence-corrected chi connectivity index (χ2v) is 6.69. The molecule has 0 aliphatic carbocycles. The normalized spacial score (nSPS) is 18.0. The number of imide groups is 1. The zero-order chi connectivity index (χ0) is 17.6. The minimum Gasteiger partial charge on any atom is -0.361 e. The lowest BCUT2D eigenvalue weighted by Gasteiger charge is -2.19. The van der Waals surface area contributed by atoms with E-state index < -0.39 is 0 Å². The van der Waals surface area contributed by atoms with Crippen LogP contribution in [0.1, 0.15) is 27.0 Å². The lowest BCUT2D eigenvalue weighted by atomic mass is 9.87. The summed E-state index contributed by atoms with van der Waals surface area (Å²) in [6.07, 6.45) is 1.68. The first-order valence-corrected chi connectivity index (χ1v) is 8.25. The second-order valence-electron chi connectivity index (χ2n) is 6.69. The van der Waals surface area contributed by atoms with Crippen LogP contribution in [-0.4, -0.2) is 31.6 Å². The van der Waals surface area contributed by atoms with Crippen LogP contribution in [0.2, 0.25) is 0 Å². The highest BCUT2D eigenvalue weighted by Crippen LogP contribution is 2.26. The molecule has 0 aromatic heterocycles. The predicted molar refractivity (Wildman–Crippen MR) is 100 cm³/mol. The molecular formula is C19H18BN3O2. The molecule has 0 saturated heterocycles. The molecule has 2 aliphatic heterocycles. The highest BCUT2D eigenvalue weighted by atomic mass is 16.2. The number of fused-ring (bicyclic) bond motifs is 2. The molecule has 2 aromatic rings. The van der Waals surface area contributed by atoms with Gasteiger partial charge < -0.3 is 5.32 Å². The van der Waals surface area contributed by atoms with E-state index in [1.165, 1.54) is 11.1 Å². The first-order chi connectivity index (χ1) is 12.0. The van der Waals surface area contributed by atoms with Crippen LogP contribution < -0.4 is 16.1 Å². The Bertz CT molecular complexity index is 936. The summed E-state index contributed by atoms with van der Waals surface area (Å²) < 4.78 is 0. The molecule has 25 heavy (non-hydrogen) atoms. The van der Waals surface area contributed by atoms with Gasteiger partial charge in [-0.05, 0) is 36.4 Å². The van der Waals surface area contributed by atoms with Crippen molar-refractivity contribution in [3.8, 4) is 0 Å². The zero-order valence-electron chi connectivity index (χ0n) is 14.2. The number of amides is 2. The van der Waals surface area contributed by atoms with Crippen LogP contribution in [0.25, 0.3) is 5.57 Å². The third-order valence-electron chi connectivity index (χ3n) is 4.65. The van der Waals surface area contributed by atoms with Gasteiger partial charge in [0.15, 0.2) is 0 Å². The fraction of sp³-hybridized carbons (Fsp3) is 0.158. The van der Waals surface area contributed by atoms with Gasteiger partial charge in [-0.2, -0.15) is 0 Å². The molecule has 0 unspecified atom stereocenters. The van der Waals surface area contributed by atoms with Gasteiger partial charge in [0.25, 0.3) is 11.8 Å². The van der Waals surface area contributed by atoms with Crippen LogP contribution in [0.5, 0.6) is 0 Å². The van der Waals surface area contributed by atoms with Crippen molar-refractivity contribution in [1.82, 2.24) is 10.2 Å². The Morgan fingerprint density at radius 2 is 1.84 bits per heavy atom. The van der Waals surface area contributed by atoms with Crippen LogP contribution in [0.15, 0.2) is 42.6 Å². The fourth-order valence-electron chi connectivity index (χ4n) is 3.39. The van der Waals surface area contributed by atoms with Crippen LogP contribution in [-0.2, 0) is 17.9 Å². The van der Waals surface area contributed by atoms with E-state index in [1.807, 2.05) is 26.0 Å². The SMILES string of the molecule is Bc1ccc2c(c1)/C(=C/Nc1ccc3c(c1)CN(C)C3)C(=O)NC2=O. The average Bonchev–Trinajstić information content (AvgIpc) is 2.93. The number of nitrogens with one attached hydrogen (secondary N) is 2. The Labute approximate surface area is 147 Å². The molecule has 2 aromatic carbocycles. The first-order valence-electron chi connectivity index (χ1n) is 8.25. The van der Waals surface area contributed by atoms with E-state index >= 15 is 0 Å². The topological polar surface area (TPSA) is 61.4 Å². The van der Waals surface area contributed by atoms with Crippen LogP contribution in [0.4, 0.5) is 5.69 Å². The minimum atomic E-state index is -0.378. The Kier molecular flexibility index (Phi) is 3.69. The summed E-state index contributed by atoms with van der Waals surface area (Å²) in [4.78, 5) is 26.5. The Morgan fingerprint density at radius 3 is 2.68 bits per heavy atom. The predicted octanol–water partition coefficient (Wildman–Crippen LogP) is 0.613. The summed E-state index contributed by atoms with van der Waals surface area (Å²) in [6, 6.07) is 11.7. The van der Waals surface area contributed by atoms with Crippen molar-refractivity contribution >= 4 is 36.4 Å². The van der Waals surface area contributed by atoms with Gasteiger partial charge in [0.1, 0.15) is 7.85 Å². The van der Waals surface area contributed by atoms with Gasteiger partial charge in [-0.3, -0.25) is 19.8 Å². The van der Waals surface area contributed by atoms with Gasteiger partial charge in [-0.15, -0.1) is 0 Å². The number of hydrogen-bond acceptors (Lipinski definition) is 4. The molecule has 2 amide bonds. The molecule has 0 fully saturated rings. The number of anilines is 1. The number of rotatable bonds is 2. The van der Waals surface area contributed by atoms with E-state index in [0.29, 0.717) is 16.7 Å². The maximum absolute atomic E-state index is 12.3. The zero-order valence-corrected chi connectivity index (χ0v) is 14.2. The second kappa shape index (κ2) is 5.90. The molecule has 0 spiro atoms. The monoisotopic (exact) mass is 331 g/mol. The summed E-state index contributed by atoms with van der Waals surface area (Å²) in [6.45, 7) is 1.90. The molecular weight excluding hydrogens is 313 g/mol. The smallest absolute Gasteiger partial charge is 0.260 e. The quantitative estimate of drug-likeness (QED) is 0.481. The van der Waals surface area contributed by atoms with Crippen LogP contribution in [0, 0.1) is 0 Å². The number of carbonyl (C=O) groups excluding carboxylic acids is 2. The summed E-state index contributed by atoms with van der Waals surface area (Å²) in [7, 11) is 4.04. The standard InChI is InChI=1S/C19H18BN3O2/c1-23-9-11-2-4-14(6-12(11)10-23)21-8-17-16-7-13(20)3-5-15(16)18(24)22-19(17)25/h2-8,21H,9-10,20H2,1H3,(H,22,24,25)/b17-8-. The van der Waals surface area contributed by atoms with Crippen molar-refractivity contribution in [2.45, 2.75) is 13.1 Å². The van der Waals surface area contributed by atoms with E-state index in [0.717, 1.165) is 24.2 Å². The van der Waals surface area contributed by atoms with Crippen molar-refractivity contribution < 1.29 is 9.59 Å². The van der Waals surface area contributed by atoms with Gasteiger partial charge in [-0.25, -0.2) is 0 Å². The highest BCUT2D eigenvalue weighted by molar-refractivity contribution is 6.35. The lowest BCUT2D eigenvalue weighted by molar-refractivity contribution is -0.114. The Hall–Kier alpha value is -2.86. The summed E-state index contributed by atoms with van der Waals surface area (Å²) in [5.41, 5.74) is 6.23. The highest BCUT2D eigenvalue weighted by Gasteiger charge is 2.27. The number of carbonyl (C=O) groups is 2. The van der Waals surface area contributed by atoms with Gasteiger partial charge in [0, 0.05) is 36.1 Å². The van der Waals surface area contributed by atoms with Gasteiger partial charge in [0.05, 0.1) is 5.57 Å². The Morgan fingerprint density at radius 1 is 1.04 bits per heavy atom. The molecule has 6 heteroatoms. The molecule has 4 rings (SSSR count). The van der Waals surface area contributed by atoms with E-state index in [1.54, 1.807) is 12.3 Å². The van der Waals surface area contributed by atoms with E-state index in [9.17, 15) is 9.59 Å². The molecule has 2 aliphatic rings. The van der Waals surface area contributed by atoms with Crippen LogP contribution >= 0.6 is 0 Å². The van der Waals surface area contributed by atoms with Crippen LogP contribution in [0.3, 0.4) is 0 Å². The van der Waals surface area contributed by atoms with Crippen molar-refractivity contribution in [2.24, 2.45) is 0 Å². The summed E-state index contributed by atoms with van der Waals surface area (Å²) in [5.74, 6) is -0.728. The molecule has 0 saturated carbocycles. The molecule has 0 bridgehead atoms. The fourth-order valence-corrected chi connectivity index (χ4v) is 3.39. The molecule has 2 heterocycles. The van der Waals surface area contributed by atoms with Crippen molar-refractivity contribution in [3.05, 3.63) is 64.9 Å². The van der Waals surface area contributed by atoms with Crippen molar-refractivity contribution in [1.29, 1.82) is 0 Å². The molecule has 0 atom stereocenters. The van der Waals surface area contributed by atoms with Gasteiger partial charge in [-0.1, -0.05) is 23.7 Å². The molecule has 0 radical (unpaired) electrons. The van der Waals surface area contributed by atoms with Gasteiger partial charge >= 0.3 is 0 Å².